The molecule has 0 bridgehead atoms. The SMILES string of the molecule is Cc1ccc([C@@H](NCC(=O)Nc2ccccc2C)c2cccs2)cc1. The Bertz CT molecular complexity index is 825. The summed E-state index contributed by atoms with van der Waals surface area (Å²) in [6, 6.07) is 20.4. The Labute approximate surface area is 152 Å². The first kappa shape index (κ1) is 17.4. The number of benzene rings is 2. The van der Waals surface area contributed by atoms with E-state index in [1.807, 2.05) is 37.3 Å². The number of nitrogens with one attached hydrogen (secondary N) is 2. The topological polar surface area (TPSA) is 41.1 Å². The summed E-state index contributed by atoms with van der Waals surface area (Å²) in [5, 5.41) is 8.43. The maximum atomic E-state index is 12.4. The van der Waals surface area contributed by atoms with Crippen LogP contribution in [-0.2, 0) is 4.79 Å². The third kappa shape index (κ3) is 4.56. The van der Waals surface area contributed by atoms with E-state index in [-0.39, 0.29) is 18.5 Å². The molecule has 0 unspecified atom stereocenters. The van der Waals surface area contributed by atoms with Gasteiger partial charge in [-0.25, -0.2) is 0 Å². The Morgan fingerprint density at radius 1 is 1.00 bits per heavy atom. The number of para-hydroxylation sites is 1. The average Bonchev–Trinajstić information content (AvgIpc) is 3.13. The largest absolute Gasteiger partial charge is 0.325 e. The van der Waals surface area contributed by atoms with Gasteiger partial charge < -0.3 is 5.32 Å². The van der Waals surface area contributed by atoms with E-state index in [2.05, 4.69) is 53.3 Å². The normalized spacial score (nSPS) is 11.9. The predicted octanol–water partition coefficient (Wildman–Crippen LogP) is 4.68. The summed E-state index contributed by atoms with van der Waals surface area (Å²) in [7, 11) is 0. The van der Waals surface area contributed by atoms with E-state index in [4.69, 9.17) is 0 Å². The zero-order chi connectivity index (χ0) is 17.6. The molecule has 25 heavy (non-hydrogen) atoms. The molecule has 1 atom stereocenters. The van der Waals surface area contributed by atoms with Crippen LogP contribution in [0.3, 0.4) is 0 Å². The Kier molecular flexibility index (Phi) is 5.64. The van der Waals surface area contributed by atoms with E-state index in [0.717, 1.165) is 16.8 Å². The van der Waals surface area contributed by atoms with Gasteiger partial charge in [-0.2, -0.15) is 0 Å². The smallest absolute Gasteiger partial charge is 0.238 e. The second-order valence-electron chi connectivity index (χ2n) is 6.10. The van der Waals surface area contributed by atoms with Gasteiger partial charge >= 0.3 is 0 Å². The van der Waals surface area contributed by atoms with Gasteiger partial charge in [0.25, 0.3) is 0 Å². The number of hydrogen-bond donors (Lipinski definition) is 2. The van der Waals surface area contributed by atoms with Crippen molar-refractivity contribution >= 4 is 22.9 Å². The summed E-state index contributed by atoms with van der Waals surface area (Å²) in [5.74, 6) is -0.0389. The number of rotatable bonds is 6. The molecule has 0 fully saturated rings. The second kappa shape index (κ2) is 8.10. The third-order valence-corrected chi connectivity index (χ3v) is 5.06. The highest BCUT2D eigenvalue weighted by Gasteiger charge is 2.16. The molecular formula is C21H22N2OS. The summed E-state index contributed by atoms with van der Waals surface area (Å²) in [4.78, 5) is 13.6. The highest BCUT2D eigenvalue weighted by molar-refractivity contribution is 7.10. The minimum absolute atomic E-state index is 0.0169. The molecule has 1 amide bonds. The summed E-state index contributed by atoms with van der Waals surface area (Å²) in [6.45, 7) is 4.32. The lowest BCUT2D eigenvalue weighted by atomic mass is 10.0. The fourth-order valence-corrected chi connectivity index (χ4v) is 3.53. The van der Waals surface area contributed by atoms with Crippen molar-refractivity contribution in [3.63, 3.8) is 0 Å². The van der Waals surface area contributed by atoms with Gasteiger partial charge in [-0.15, -0.1) is 11.3 Å². The van der Waals surface area contributed by atoms with Gasteiger partial charge in [-0.3, -0.25) is 10.1 Å². The van der Waals surface area contributed by atoms with Gasteiger partial charge in [0, 0.05) is 10.6 Å². The molecule has 3 aromatic rings. The van der Waals surface area contributed by atoms with E-state index in [1.165, 1.54) is 10.4 Å². The molecule has 1 heterocycles. The zero-order valence-electron chi connectivity index (χ0n) is 14.5. The van der Waals surface area contributed by atoms with Crippen LogP contribution in [0.15, 0.2) is 66.0 Å². The first-order valence-corrected chi connectivity index (χ1v) is 9.20. The molecule has 0 spiro atoms. The van der Waals surface area contributed by atoms with Gasteiger partial charge in [0.2, 0.25) is 5.91 Å². The first-order valence-electron chi connectivity index (χ1n) is 8.32. The molecule has 3 rings (SSSR count). The van der Waals surface area contributed by atoms with Crippen molar-refractivity contribution in [2.75, 3.05) is 11.9 Å². The molecule has 128 valence electrons. The second-order valence-corrected chi connectivity index (χ2v) is 7.08. The van der Waals surface area contributed by atoms with Crippen molar-refractivity contribution in [1.29, 1.82) is 0 Å². The van der Waals surface area contributed by atoms with Crippen LogP contribution in [0.2, 0.25) is 0 Å². The van der Waals surface area contributed by atoms with Crippen LogP contribution in [0, 0.1) is 13.8 Å². The first-order chi connectivity index (χ1) is 12.1. The molecular weight excluding hydrogens is 328 g/mol. The summed E-state index contributed by atoms with van der Waals surface area (Å²) in [6.07, 6.45) is 0. The van der Waals surface area contributed by atoms with Crippen LogP contribution >= 0.6 is 11.3 Å². The quantitative estimate of drug-likeness (QED) is 0.677. The number of carbonyl (C=O) groups excluding carboxylic acids is 1. The Balaban J connectivity index is 1.70. The number of thiophene rings is 1. The van der Waals surface area contributed by atoms with Crippen LogP contribution < -0.4 is 10.6 Å². The monoisotopic (exact) mass is 350 g/mol. The highest BCUT2D eigenvalue weighted by atomic mass is 32.1. The lowest BCUT2D eigenvalue weighted by Crippen LogP contribution is -2.31. The van der Waals surface area contributed by atoms with Gasteiger partial charge in [0.05, 0.1) is 12.6 Å². The summed E-state index contributed by atoms with van der Waals surface area (Å²) in [5.41, 5.74) is 4.31. The maximum Gasteiger partial charge on any atom is 0.238 e. The molecule has 3 nitrogen and oxygen atoms in total. The Hall–Kier alpha value is -2.43. The van der Waals surface area contributed by atoms with E-state index in [0.29, 0.717) is 0 Å². The third-order valence-electron chi connectivity index (χ3n) is 4.12. The summed E-state index contributed by atoms with van der Waals surface area (Å²) < 4.78 is 0. The number of carbonyl (C=O) groups is 1. The molecule has 2 N–H and O–H groups in total. The van der Waals surface area contributed by atoms with Crippen molar-refractivity contribution in [2.24, 2.45) is 0 Å². The fraction of sp³-hybridized carbons (Fsp3) is 0.190. The van der Waals surface area contributed by atoms with Crippen LogP contribution in [0.1, 0.15) is 27.6 Å². The van der Waals surface area contributed by atoms with Gasteiger partial charge in [0.15, 0.2) is 0 Å². The number of amides is 1. The van der Waals surface area contributed by atoms with Gasteiger partial charge in [0.1, 0.15) is 0 Å². The molecule has 0 radical (unpaired) electrons. The van der Waals surface area contributed by atoms with Crippen LogP contribution in [-0.4, -0.2) is 12.5 Å². The average molecular weight is 350 g/mol. The molecule has 1 aromatic heterocycles. The minimum atomic E-state index is -0.0389. The van der Waals surface area contributed by atoms with Crippen LogP contribution in [0.4, 0.5) is 5.69 Å². The fourth-order valence-electron chi connectivity index (χ4n) is 2.70. The molecule has 2 aromatic carbocycles. The van der Waals surface area contributed by atoms with Crippen LogP contribution in [0.5, 0.6) is 0 Å². The van der Waals surface area contributed by atoms with Gasteiger partial charge in [-0.05, 0) is 42.5 Å². The van der Waals surface area contributed by atoms with E-state index >= 15 is 0 Å². The Morgan fingerprint density at radius 3 is 2.44 bits per heavy atom. The number of hydrogen-bond acceptors (Lipinski definition) is 3. The van der Waals surface area contributed by atoms with Crippen molar-refractivity contribution in [3.05, 3.63) is 87.6 Å². The van der Waals surface area contributed by atoms with Crippen molar-refractivity contribution in [3.8, 4) is 0 Å². The lowest BCUT2D eigenvalue weighted by Gasteiger charge is -2.18. The zero-order valence-corrected chi connectivity index (χ0v) is 15.3. The summed E-state index contributed by atoms with van der Waals surface area (Å²) >= 11 is 1.69. The van der Waals surface area contributed by atoms with Crippen molar-refractivity contribution in [2.45, 2.75) is 19.9 Å². The number of aryl methyl sites for hydroxylation is 2. The van der Waals surface area contributed by atoms with Crippen LogP contribution in [0.25, 0.3) is 0 Å². The van der Waals surface area contributed by atoms with Gasteiger partial charge in [-0.1, -0.05) is 54.1 Å². The van der Waals surface area contributed by atoms with E-state index in [1.54, 1.807) is 11.3 Å². The minimum Gasteiger partial charge on any atom is -0.325 e. The molecule has 0 aliphatic rings. The molecule has 0 saturated heterocycles. The Morgan fingerprint density at radius 2 is 1.76 bits per heavy atom. The predicted molar refractivity (Wildman–Crippen MR) is 105 cm³/mol. The molecule has 0 aliphatic heterocycles. The van der Waals surface area contributed by atoms with Crippen molar-refractivity contribution in [1.82, 2.24) is 5.32 Å². The lowest BCUT2D eigenvalue weighted by molar-refractivity contribution is -0.115. The maximum absolute atomic E-state index is 12.4. The number of anilines is 1. The van der Waals surface area contributed by atoms with E-state index < -0.39 is 0 Å². The van der Waals surface area contributed by atoms with Crippen molar-refractivity contribution < 1.29 is 4.79 Å². The molecule has 0 aliphatic carbocycles. The molecule has 4 heteroatoms. The van der Waals surface area contributed by atoms with E-state index in [9.17, 15) is 4.79 Å². The standard InChI is InChI=1S/C21H22N2OS/c1-15-9-11-17(12-10-15)21(19-8-5-13-25-19)22-14-20(24)23-18-7-4-3-6-16(18)2/h3-13,21-22H,14H2,1-2H3,(H,23,24)/t21-/m1/s1. The molecule has 0 saturated carbocycles. The highest BCUT2D eigenvalue weighted by Crippen LogP contribution is 2.26.